The molecule has 0 fully saturated rings. The van der Waals surface area contributed by atoms with Gasteiger partial charge in [-0.3, -0.25) is 14.9 Å². The van der Waals surface area contributed by atoms with Crippen LogP contribution in [0.15, 0.2) is 54.7 Å². The molecule has 24 heavy (non-hydrogen) atoms. The van der Waals surface area contributed by atoms with Gasteiger partial charge in [-0.1, -0.05) is 36.4 Å². The lowest BCUT2D eigenvalue weighted by Crippen LogP contribution is -2.26. The van der Waals surface area contributed by atoms with E-state index in [-0.39, 0.29) is 0 Å². The van der Waals surface area contributed by atoms with Crippen molar-refractivity contribution in [1.29, 1.82) is 0 Å². The Morgan fingerprint density at radius 2 is 1.71 bits per heavy atom. The maximum absolute atomic E-state index is 13.2. The van der Waals surface area contributed by atoms with E-state index in [2.05, 4.69) is 22.4 Å². The van der Waals surface area contributed by atoms with Gasteiger partial charge in [-0.2, -0.15) is 0 Å². The lowest BCUT2D eigenvalue weighted by atomic mass is 10.1. The highest BCUT2D eigenvalue weighted by Gasteiger charge is 2.37. The van der Waals surface area contributed by atoms with Gasteiger partial charge < -0.3 is 9.05 Å². The highest BCUT2D eigenvalue weighted by atomic mass is 31.2. The monoisotopic (exact) mass is 348 g/mol. The number of pyridine rings is 1. The molecule has 1 N–H and O–H groups in total. The van der Waals surface area contributed by atoms with Crippen LogP contribution in [0, 0.1) is 0 Å². The van der Waals surface area contributed by atoms with E-state index in [0.717, 1.165) is 6.42 Å². The molecule has 0 bridgehead atoms. The molecule has 1 atom stereocenters. The molecule has 5 nitrogen and oxygen atoms in total. The maximum Gasteiger partial charge on any atom is 0.353 e. The fourth-order valence-corrected chi connectivity index (χ4v) is 4.38. The van der Waals surface area contributed by atoms with Gasteiger partial charge in [0.25, 0.3) is 0 Å². The summed E-state index contributed by atoms with van der Waals surface area (Å²) in [5.41, 5.74) is 1.88. The zero-order valence-corrected chi connectivity index (χ0v) is 15.1. The smallest absolute Gasteiger partial charge is 0.308 e. The van der Waals surface area contributed by atoms with Crippen molar-refractivity contribution in [2.45, 2.75) is 26.1 Å². The molecule has 0 radical (unpaired) electrons. The van der Waals surface area contributed by atoms with Gasteiger partial charge in [0.1, 0.15) is 0 Å². The van der Waals surface area contributed by atoms with Crippen molar-refractivity contribution in [3.05, 3.63) is 66.0 Å². The van der Waals surface area contributed by atoms with Gasteiger partial charge in [0, 0.05) is 12.7 Å². The summed E-state index contributed by atoms with van der Waals surface area (Å²) in [6, 6.07) is 15.7. The number of hydrogen-bond acceptors (Lipinski definition) is 5. The van der Waals surface area contributed by atoms with Crippen molar-refractivity contribution in [2.24, 2.45) is 0 Å². The zero-order valence-electron chi connectivity index (χ0n) is 14.2. The third-order valence-corrected chi connectivity index (χ3v) is 5.81. The molecule has 0 saturated heterocycles. The largest absolute Gasteiger partial charge is 0.353 e. The van der Waals surface area contributed by atoms with Crippen LogP contribution in [0.25, 0.3) is 0 Å². The molecule has 2 rings (SSSR count). The van der Waals surface area contributed by atoms with Crippen molar-refractivity contribution < 1.29 is 13.6 Å². The third kappa shape index (κ3) is 5.25. The predicted octanol–water partition coefficient (Wildman–Crippen LogP) is 4.18. The summed E-state index contributed by atoms with van der Waals surface area (Å²) in [5, 5.41) is 3.32. The highest BCUT2D eigenvalue weighted by molar-refractivity contribution is 7.54. The van der Waals surface area contributed by atoms with Crippen molar-refractivity contribution in [2.75, 3.05) is 19.8 Å². The van der Waals surface area contributed by atoms with Crippen LogP contribution in [-0.4, -0.2) is 24.7 Å². The Labute approximate surface area is 144 Å². The Morgan fingerprint density at radius 1 is 1.04 bits per heavy atom. The van der Waals surface area contributed by atoms with E-state index in [4.69, 9.17) is 9.05 Å². The first-order chi connectivity index (χ1) is 11.7. The molecule has 2 aromatic rings. The second-order valence-corrected chi connectivity index (χ2v) is 7.33. The number of aromatic nitrogens is 1. The van der Waals surface area contributed by atoms with Crippen molar-refractivity contribution in [3.8, 4) is 0 Å². The Kier molecular flexibility index (Phi) is 7.60. The topological polar surface area (TPSA) is 60.5 Å². The SMILES string of the molecule is CCOP(=O)(OCC)C(NCCc1ccccc1)c1ccccn1. The molecule has 0 aliphatic heterocycles. The quantitative estimate of drug-likeness (QED) is 0.653. The molecule has 130 valence electrons. The van der Waals surface area contributed by atoms with Gasteiger partial charge in [0.15, 0.2) is 5.78 Å². The summed E-state index contributed by atoms with van der Waals surface area (Å²) >= 11 is 0. The van der Waals surface area contributed by atoms with Gasteiger partial charge in [-0.25, -0.2) is 0 Å². The molecular formula is C18H25N2O3P. The van der Waals surface area contributed by atoms with Crippen LogP contribution in [-0.2, 0) is 20.0 Å². The van der Waals surface area contributed by atoms with Crippen LogP contribution >= 0.6 is 7.60 Å². The second kappa shape index (κ2) is 9.70. The summed E-state index contributed by atoms with van der Waals surface area (Å²) in [5.74, 6) is -0.581. The minimum absolute atomic E-state index is 0.320. The van der Waals surface area contributed by atoms with Crippen LogP contribution in [0.2, 0.25) is 0 Å². The van der Waals surface area contributed by atoms with Crippen LogP contribution in [0.1, 0.15) is 30.9 Å². The van der Waals surface area contributed by atoms with Gasteiger partial charge in [0.2, 0.25) is 0 Å². The first kappa shape index (κ1) is 18.8. The van der Waals surface area contributed by atoms with E-state index in [9.17, 15) is 4.57 Å². The highest BCUT2D eigenvalue weighted by Crippen LogP contribution is 2.59. The van der Waals surface area contributed by atoms with Crippen LogP contribution < -0.4 is 5.32 Å². The lowest BCUT2D eigenvalue weighted by molar-refractivity contribution is 0.207. The molecule has 0 aliphatic carbocycles. The fraction of sp³-hybridized carbons (Fsp3) is 0.389. The minimum Gasteiger partial charge on any atom is -0.308 e. The van der Waals surface area contributed by atoms with Gasteiger partial charge in [-0.15, -0.1) is 0 Å². The van der Waals surface area contributed by atoms with E-state index in [1.54, 1.807) is 6.20 Å². The predicted molar refractivity (Wildman–Crippen MR) is 96.0 cm³/mol. The average molecular weight is 348 g/mol. The Morgan fingerprint density at radius 3 is 2.29 bits per heavy atom. The molecule has 0 spiro atoms. The van der Waals surface area contributed by atoms with Crippen LogP contribution in [0.4, 0.5) is 0 Å². The molecule has 1 aromatic heterocycles. The molecular weight excluding hydrogens is 323 g/mol. The van der Waals surface area contributed by atoms with E-state index >= 15 is 0 Å². The van der Waals surface area contributed by atoms with E-state index in [1.807, 2.05) is 50.2 Å². The van der Waals surface area contributed by atoms with Crippen molar-refractivity contribution >= 4 is 7.60 Å². The lowest BCUT2D eigenvalue weighted by Gasteiger charge is -2.26. The number of rotatable bonds is 10. The minimum atomic E-state index is -3.35. The van der Waals surface area contributed by atoms with E-state index < -0.39 is 13.4 Å². The molecule has 0 saturated carbocycles. The molecule has 0 amide bonds. The van der Waals surface area contributed by atoms with Gasteiger partial charge >= 0.3 is 7.60 Å². The average Bonchev–Trinajstić information content (AvgIpc) is 2.61. The number of hydrogen-bond donors (Lipinski definition) is 1. The van der Waals surface area contributed by atoms with Crippen molar-refractivity contribution in [3.63, 3.8) is 0 Å². The third-order valence-electron chi connectivity index (χ3n) is 3.50. The Balaban J connectivity index is 2.15. The Hall–Kier alpha value is -1.52. The standard InChI is InChI=1S/C18H25N2O3P/c1-3-22-24(21,23-4-2)18(17-12-8-9-14-19-17)20-15-13-16-10-6-5-7-11-16/h5-12,14,18,20H,3-4,13,15H2,1-2H3. The number of benzene rings is 1. The first-order valence-corrected chi connectivity index (χ1v) is 9.87. The number of nitrogens with one attached hydrogen (secondary N) is 1. The van der Waals surface area contributed by atoms with Crippen LogP contribution in [0.3, 0.4) is 0 Å². The molecule has 0 aliphatic rings. The fourth-order valence-electron chi connectivity index (χ4n) is 2.46. The van der Waals surface area contributed by atoms with Crippen LogP contribution in [0.5, 0.6) is 0 Å². The molecule has 6 heteroatoms. The molecule has 1 heterocycles. The zero-order chi connectivity index (χ0) is 17.3. The number of nitrogens with zero attached hydrogens (tertiary/aromatic N) is 1. The first-order valence-electron chi connectivity index (χ1n) is 8.26. The summed E-state index contributed by atoms with van der Waals surface area (Å²) < 4.78 is 24.2. The van der Waals surface area contributed by atoms with Crippen molar-refractivity contribution in [1.82, 2.24) is 10.3 Å². The summed E-state index contributed by atoms with van der Waals surface area (Å²) in [6.45, 7) is 4.91. The summed E-state index contributed by atoms with van der Waals surface area (Å²) in [7, 11) is -3.35. The summed E-state index contributed by atoms with van der Waals surface area (Å²) in [6.07, 6.45) is 2.51. The van der Waals surface area contributed by atoms with E-state index in [1.165, 1.54) is 5.56 Å². The molecule has 1 unspecified atom stereocenters. The molecule has 1 aromatic carbocycles. The normalized spacial score (nSPS) is 12.9. The van der Waals surface area contributed by atoms with Gasteiger partial charge in [-0.05, 0) is 38.0 Å². The maximum atomic E-state index is 13.2. The van der Waals surface area contributed by atoms with E-state index in [0.29, 0.717) is 25.5 Å². The second-order valence-electron chi connectivity index (χ2n) is 5.22. The van der Waals surface area contributed by atoms with Gasteiger partial charge in [0.05, 0.1) is 18.9 Å². The summed E-state index contributed by atoms with van der Waals surface area (Å²) in [4.78, 5) is 4.34. The Bertz CT molecular complexity index is 627.